The molecule has 0 spiro atoms. The van der Waals surface area contributed by atoms with Crippen LogP contribution in [-0.2, 0) is 24.0 Å². The molecule has 0 rings (SSSR count). The van der Waals surface area contributed by atoms with Gasteiger partial charge in [0, 0.05) is 6.54 Å². The van der Waals surface area contributed by atoms with E-state index in [-0.39, 0.29) is 18.9 Å². The topological polar surface area (TPSA) is 278 Å². The van der Waals surface area contributed by atoms with Gasteiger partial charge < -0.3 is 49.1 Å². The van der Waals surface area contributed by atoms with E-state index in [0.717, 1.165) is 0 Å². The number of hydrogen-bond donors (Lipinski definition) is 9. The maximum atomic E-state index is 12.5. The molecule has 0 aliphatic heterocycles. The van der Waals surface area contributed by atoms with Crippen molar-refractivity contribution in [3.05, 3.63) is 0 Å². The number of rotatable bonds is 15. The zero-order chi connectivity index (χ0) is 25.7. The molecule has 0 aromatic rings. The average Bonchev–Trinajstić information content (AvgIpc) is 2.70. The van der Waals surface area contributed by atoms with E-state index in [0.29, 0.717) is 6.42 Å². The van der Waals surface area contributed by atoms with Crippen molar-refractivity contribution in [1.82, 2.24) is 16.0 Å². The number of carbonyl (C=O) groups is 5. The van der Waals surface area contributed by atoms with Crippen molar-refractivity contribution in [2.24, 2.45) is 33.8 Å². The predicted octanol–water partition coefficient (Wildman–Crippen LogP) is -4.57. The van der Waals surface area contributed by atoms with Crippen LogP contribution >= 0.6 is 0 Å². The second-order valence-corrected chi connectivity index (χ2v) is 7.60. The molecule has 0 saturated heterocycles. The molecule has 4 atom stereocenters. The molecule has 15 heteroatoms. The number of carboxylic acid groups (broad SMARTS) is 1. The van der Waals surface area contributed by atoms with Crippen molar-refractivity contribution in [2.45, 2.75) is 57.3 Å². The molecule has 188 valence electrons. The molecule has 4 amide bonds. The highest BCUT2D eigenvalue weighted by molar-refractivity contribution is 5.96. The minimum Gasteiger partial charge on any atom is -0.480 e. The molecule has 0 radical (unpaired) electrons. The highest BCUT2D eigenvalue weighted by atomic mass is 16.4. The molecule has 0 aromatic carbocycles. The normalized spacial score (nSPS) is 14.3. The number of nitrogens with two attached hydrogens (primary N) is 4. The number of primary amides is 1. The zero-order valence-electron chi connectivity index (χ0n) is 18.6. The standard InChI is InChI=1S/C18H34N8O7/c1-8(2)13(17(32)33)26-15(30)10(6-12(20)28)24-16(31)11(7-27)25-14(29)9(19)4-3-5-23-18(21)22/h8-11,13,27H,3-7,19H2,1-2H3,(H2,20,28)(H,24,31)(H,25,29)(H,26,30)(H,32,33)(H4,21,22,23). The monoisotopic (exact) mass is 474 g/mol. The van der Waals surface area contributed by atoms with Crippen molar-refractivity contribution >= 4 is 35.6 Å². The second kappa shape index (κ2) is 14.6. The van der Waals surface area contributed by atoms with Gasteiger partial charge >= 0.3 is 5.97 Å². The summed E-state index contributed by atoms with van der Waals surface area (Å²) >= 11 is 0. The summed E-state index contributed by atoms with van der Waals surface area (Å²) in [4.78, 5) is 63.6. The van der Waals surface area contributed by atoms with Gasteiger partial charge in [0.2, 0.25) is 23.6 Å². The molecule has 0 aliphatic carbocycles. The van der Waals surface area contributed by atoms with E-state index < -0.39 is 72.7 Å². The third-order valence-electron chi connectivity index (χ3n) is 4.39. The highest BCUT2D eigenvalue weighted by Gasteiger charge is 2.31. The van der Waals surface area contributed by atoms with Crippen LogP contribution in [0.4, 0.5) is 0 Å². The second-order valence-electron chi connectivity index (χ2n) is 7.60. The molecule has 0 fully saturated rings. The Morgan fingerprint density at radius 2 is 1.45 bits per heavy atom. The van der Waals surface area contributed by atoms with Crippen LogP contribution in [0.25, 0.3) is 0 Å². The molecule has 0 heterocycles. The van der Waals surface area contributed by atoms with Crippen LogP contribution in [0.3, 0.4) is 0 Å². The maximum absolute atomic E-state index is 12.5. The van der Waals surface area contributed by atoms with E-state index in [1.165, 1.54) is 0 Å². The van der Waals surface area contributed by atoms with Crippen LogP contribution in [0.15, 0.2) is 4.99 Å². The smallest absolute Gasteiger partial charge is 0.326 e. The maximum Gasteiger partial charge on any atom is 0.326 e. The Morgan fingerprint density at radius 3 is 1.91 bits per heavy atom. The molecular formula is C18H34N8O7. The van der Waals surface area contributed by atoms with Crippen LogP contribution in [0.1, 0.15) is 33.1 Å². The molecule has 0 saturated carbocycles. The van der Waals surface area contributed by atoms with Crippen molar-refractivity contribution in [3.63, 3.8) is 0 Å². The minimum atomic E-state index is -1.53. The largest absolute Gasteiger partial charge is 0.480 e. The Kier molecular flexibility index (Phi) is 13.0. The van der Waals surface area contributed by atoms with Gasteiger partial charge in [0.05, 0.1) is 19.1 Å². The van der Waals surface area contributed by atoms with E-state index in [9.17, 15) is 34.2 Å². The van der Waals surface area contributed by atoms with Gasteiger partial charge in [-0.1, -0.05) is 13.8 Å². The number of aliphatic imine (C=N–C) groups is 1. The zero-order valence-corrected chi connectivity index (χ0v) is 18.6. The summed E-state index contributed by atoms with van der Waals surface area (Å²) in [6.45, 7) is 2.51. The van der Waals surface area contributed by atoms with Gasteiger partial charge in [0.15, 0.2) is 5.96 Å². The predicted molar refractivity (Wildman–Crippen MR) is 117 cm³/mol. The number of carbonyl (C=O) groups excluding carboxylic acids is 4. The Morgan fingerprint density at radius 1 is 0.909 bits per heavy atom. The first-order valence-corrected chi connectivity index (χ1v) is 10.1. The molecule has 33 heavy (non-hydrogen) atoms. The lowest BCUT2D eigenvalue weighted by Crippen LogP contribution is -2.59. The van der Waals surface area contributed by atoms with Gasteiger partial charge in [-0.3, -0.25) is 24.2 Å². The van der Waals surface area contributed by atoms with Crippen molar-refractivity contribution < 1.29 is 34.2 Å². The van der Waals surface area contributed by atoms with Crippen LogP contribution < -0.4 is 38.9 Å². The number of aliphatic hydroxyl groups excluding tert-OH is 1. The number of nitrogens with zero attached hydrogens (tertiary/aromatic N) is 1. The van der Waals surface area contributed by atoms with Crippen LogP contribution in [0.2, 0.25) is 0 Å². The average molecular weight is 475 g/mol. The number of guanidine groups is 1. The van der Waals surface area contributed by atoms with Gasteiger partial charge in [-0.05, 0) is 18.8 Å². The Labute approximate surface area is 190 Å². The van der Waals surface area contributed by atoms with E-state index in [4.69, 9.17) is 22.9 Å². The lowest BCUT2D eigenvalue weighted by molar-refractivity contribution is -0.143. The van der Waals surface area contributed by atoms with E-state index in [1.54, 1.807) is 13.8 Å². The summed E-state index contributed by atoms with van der Waals surface area (Å²) in [5, 5.41) is 25.4. The van der Waals surface area contributed by atoms with Gasteiger partial charge in [0.25, 0.3) is 0 Å². The minimum absolute atomic E-state index is 0.109. The van der Waals surface area contributed by atoms with Crippen LogP contribution in [0, 0.1) is 5.92 Å². The van der Waals surface area contributed by atoms with Gasteiger partial charge in [-0.15, -0.1) is 0 Å². The van der Waals surface area contributed by atoms with Crippen LogP contribution in [0.5, 0.6) is 0 Å². The molecule has 13 N–H and O–H groups in total. The Bertz CT molecular complexity index is 739. The summed E-state index contributed by atoms with van der Waals surface area (Å²) in [5.41, 5.74) is 21.2. The first-order chi connectivity index (χ1) is 15.3. The SMILES string of the molecule is CC(C)C(NC(=O)C(CC(N)=O)NC(=O)C(CO)NC(=O)C(N)CCCN=C(N)N)C(=O)O. The molecule has 4 unspecified atom stereocenters. The van der Waals surface area contributed by atoms with E-state index >= 15 is 0 Å². The third-order valence-corrected chi connectivity index (χ3v) is 4.39. The van der Waals surface area contributed by atoms with Gasteiger partial charge in [-0.2, -0.15) is 0 Å². The number of aliphatic hydroxyl groups is 1. The summed E-state index contributed by atoms with van der Waals surface area (Å²) in [6, 6.07) is -5.34. The van der Waals surface area contributed by atoms with Gasteiger partial charge in [-0.25, -0.2) is 4.79 Å². The van der Waals surface area contributed by atoms with Crippen LogP contribution in [-0.4, -0.2) is 83.1 Å². The van der Waals surface area contributed by atoms with E-state index in [2.05, 4.69) is 20.9 Å². The van der Waals surface area contributed by atoms with Crippen molar-refractivity contribution in [1.29, 1.82) is 0 Å². The number of hydrogen-bond acceptors (Lipinski definition) is 8. The quantitative estimate of drug-likeness (QED) is 0.0622. The number of carboxylic acids is 1. The number of amides is 4. The number of aliphatic carboxylic acids is 1. The Hall–Kier alpha value is -3.46. The lowest BCUT2D eigenvalue weighted by Gasteiger charge is -2.24. The fourth-order valence-corrected chi connectivity index (χ4v) is 2.57. The summed E-state index contributed by atoms with van der Waals surface area (Å²) in [6.07, 6.45) is -0.0802. The number of nitrogens with one attached hydrogen (secondary N) is 3. The summed E-state index contributed by atoms with van der Waals surface area (Å²) < 4.78 is 0. The first kappa shape index (κ1) is 29.5. The van der Waals surface area contributed by atoms with Gasteiger partial charge in [0.1, 0.15) is 18.1 Å². The molecule has 0 aromatic heterocycles. The fourth-order valence-electron chi connectivity index (χ4n) is 2.57. The summed E-state index contributed by atoms with van der Waals surface area (Å²) in [7, 11) is 0. The molecule has 0 aliphatic rings. The van der Waals surface area contributed by atoms with E-state index in [1.807, 2.05) is 0 Å². The third kappa shape index (κ3) is 11.6. The first-order valence-electron chi connectivity index (χ1n) is 10.1. The highest BCUT2D eigenvalue weighted by Crippen LogP contribution is 2.04. The Balaban J connectivity index is 5.14. The molecule has 15 nitrogen and oxygen atoms in total. The van der Waals surface area contributed by atoms with Crippen molar-refractivity contribution in [3.8, 4) is 0 Å². The molecular weight excluding hydrogens is 440 g/mol. The fraction of sp³-hybridized carbons (Fsp3) is 0.667. The van der Waals surface area contributed by atoms with Crippen molar-refractivity contribution in [2.75, 3.05) is 13.2 Å². The molecule has 0 bridgehead atoms. The summed E-state index contributed by atoms with van der Waals surface area (Å²) in [5.74, 6) is -5.58. The lowest BCUT2D eigenvalue weighted by atomic mass is 10.0.